The van der Waals surface area contributed by atoms with Crippen molar-refractivity contribution in [2.45, 2.75) is 18.9 Å². The van der Waals surface area contributed by atoms with Crippen molar-refractivity contribution < 1.29 is 14.3 Å². The van der Waals surface area contributed by atoms with Crippen LogP contribution in [0.15, 0.2) is 47.6 Å². The van der Waals surface area contributed by atoms with Crippen LogP contribution in [0.2, 0.25) is 0 Å². The van der Waals surface area contributed by atoms with E-state index in [-0.39, 0.29) is 18.0 Å². The zero-order valence-corrected chi connectivity index (χ0v) is 13.9. The number of pyridine rings is 1. The lowest BCUT2D eigenvalue weighted by molar-refractivity contribution is 0.102. The summed E-state index contributed by atoms with van der Waals surface area (Å²) in [4.78, 5) is 20.5. The van der Waals surface area contributed by atoms with Gasteiger partial charge in [0.1, 0.15) is 18.1 Å². The van der Waals surface area contributed by atoms with Gasteiger partial charge in [-0.2, -0.15) is 0 Å². The number of aryl methyl sites for hydroxylation is 1. The highest BCUT2D eigenvalue weighted by molar-refractivity contribution is 6.02. The van der Waals surface area contributed by atoms with Gasteiger partial charge in [0.05, 0.1) is 19.3 Å². The SMILES string of the molecule is COc1ccc(C(=O)Nc2ccc(CCC3COC(N)=N3)cc2)nc1. The molecule has 2 aromatic rings. The zero-order chi connectivity index (χ0) is 17.6. The number of benzene rings is 1. The number of anilines is 1. The summed E-state index contributed by atoms with van der Waals surface area (Å²) in [7, 11) is 1.55. The van der Waals surface area contributed by atoms with Crippen LogP contribution in [0.1, 0.15) is 22.5 Å². The minimum Gasteiger partial charge on any atom is -0.495 e. The van der Waals surface area contributed by atoms with Gasteiger partial charge in [0.25, 0.3) is 11.9 Å². The summed E-state index contributed by atoms with van der Waals surface area (Å²) in [5.41, 5.74) is 7.72. The maximum atomic E-state index is 12.2. The molecule has 1 aliphatic rings. The smallest absolute Gasteiger partial charge is 0.282 e. The van der Waals surface area contributed by atoms with E-state index in [1.54, 1.807) is 19.2 Å². The Morgan fingerprint density at radius 2 is 2.12 bits per heavy atom. The number of carbonyl (C=O) groups excluding carboxylic acids is 1. The van der Waals surface area contributed by atoms with Gasteiger partial charge in [0.2, 0.25) is 0 Å². The van der Waals surface area contributed by atoms with Crippen molar-refractivity contribution in [3.63, 3.8) is 0 Å². The quantitative estimate of drug-likeness (QED) is 0.838. The second-order valence-electron chi connectivity index (χ2n) is 5.71. The van der Waals surface area contributed by atoms with Crippen molar-refractivity contribution in [1.82, 2.24) is 4.98 Å². The minimum absolute atomic E-state index is 0.125. The van der Waals surface area contributed by atoms with Crippen molar-refractivity contribution in [2.24, 2.45) is 10.7 Å². The van der Waals surface area contributed by atoms with E-state index in [0.717, 1.165) is 18.5 Å². The lowest BCUT2D eigenvalue weighted by Gasteiger charge is -2.08. The highest BCUT2D eigenvalue weighted by Gasteiger charge is 2.16. The van der Waals surface area contributed by atoms with Crippen LogP contribution in [0.5, 0.6) is 5.75 Å². The molecule has 1 unspecified atom stereocenters. The molecule has 2 heterocycles. The molecule has 0 spiro atoms. The molecule has 0 aliphatic carbocycles. The summed E-state index contributed by atoms with van der Waals surface area (Å²) < 4.78 is 10.2. The number of hydrogen-bond acceptors (Lipinski definition) is 6. The molecule has 0 saturated carbocycles. The van der Waals surface area contributed by atoms with Crippen molar-refractivity contribution in [3.05, 3.63) is 53.9 Å². The zero-order valence-electron chi connectivity index (χ0n) is 13.9. The number of ether oxygens (including phenoxy) is 2. The van der Waals surface area contributed by atoms with E-state index < -0.39 is 0 Å². The number of rotatable bonds is 6. The normalized spacial score (nSPS) is 16.0. The van der Waals surface area contributed by atoms with Crippen LogP contribution in [0.25, 0.3) is 0 Å². The standard InChI is InChI=1S/C18H20N4O3/c1-24-15-8-9-16(20-10-15)17(23)21-13-5-2-12(3-6-13)4-7-14-11-25-18(19)22-14/h2-3,5-6,8-10,14H,4,7,11H2,1H3,(H2,19,22)(H,21,23). The molecule has 130 valence electrons. The van der Waals surface area contributed by atoms with E-state index in [2.05, 4.69) is 15.3 Å². The van der Waals surface area contributed by atoms with Crippen molar-refractivity contribution in [3.8, 4) is 5.75 Å². The summed E-state index contributed by atoms with van der Waals surface area (Å²) in [6, 6.07) is 11.4. The molecular formula is C18H20N4O3. The van der Waals surface area contributed by atoms with E-state index in [4.69, 9.17) is 15.2 Å². The van der Waals surface area contributed by atoms with Crippen LogP contribution in [0.4, 0.5) is 5.69 Å². The number of carbonyl (C=O) groups is 1. The van der Waals surface area contributed by atoms with Crippen LogP contribution in [0, 0.1) is 0 Å². The van der Waals surface area contributed by atoms with Crippen molar-refractivity contribution >= 4 is 17.6 Å². The van der Waals surface area contributed by atoms with Gasteiger partial charge in [0.15, 0.2) is 0 Å². The van der Waals surface area contributed by atoms with Gasteiger partial charge in [-0.3, -0.25) is 4.79 Å². The fourth-order valence-electron chi connectivity index (χ4n) is 2.50. The average Bonchev–Trinajstić information content (AvgIpc) is 3.06. The number of amides is 1. The van der Waals surface area contributed by atoms with E-state index in [1.165, 1.54) is 11.8 Å². The summed E-state index contributed by atoms with van der Waals surface area (Å²) in [6.07, 6.45) is 3.27. The molecule has 7 heteroatoms. The van der Waals surface area contributed by atoms with Gasteiger partial charge < -0.3 is 20.5 Å². The second-order valence-corrected chi connectivity index (χ2v) is 5.71. The molecule has 3 N–H and O–H groups in total. The number of nitrogens with two attached hydrogens (primary N) is 1. The first-order chi connectivity index (χ1) is 12.1. The third kappa shape index (κ3) is 4.47. The number of amidine groups is 1. The second kappa shape index (κ2) is 7.65. The fraction of sp³-hybridized carbons (Fsp3) is 0.278. The lowest BCUT2D eigenvalue weighted by Crippen LogP contribution is -2.13. The third-order valence-corrected chi connectivity index (χ3v) is 3.92. The number of nitrogens with zero attached hydrogens (tertiary/aromatic N) is 2. The van der Waals surface area contributed by atoms with Crippen molar-refractivity contribution in [2.75, 3.05) is 19.0 Å². The molecule has 1 aromatic carbocycles. The van der Waals surface area contributed by atoms with Crippen LogP contribution in [0.3, 0.4) is 0 Å². The van der Waals surface area contributed by atoms with Crippen LogP contribution >= 0.6 is 0 Å². The number of aromatic nitrogens is 1. The van der Waals surface area contributed by atoms with Crippen LogP contribution < -0.4 is 15.8 Å². The molecule has 7 nitrogen and oxygen atoms in total. The molecule has 25 heavy (non-hydrogen) atoms. The molecule has 0 saturated heterocycles. The minimum atomic E-state index is -0.261. The summed E-state index contributed by atoms with van der Waals surface area (Å²) in [5.74, 6) is 0.350. The summed E-state index contributed by atoms with van der Waals surface area (Å²) in [5, 5.41) is 2.83. The highest BCUT2D eigenvalue weighted by Crippen LogP contribution is 2.15. The first-order valence-electron chi connectivity index (χ1n) is 8.00. The molecule has 1 atom stereocenters. The van der Waals surface area contributed by atoms with Crippen LogP contribution in [-0.4, -0.2) is 36.7 Å². The molecule has 0 bridgehead atoms. The first kappa shape index (κ1) is 16.8. The highest BCUT2D eigenvalue weighted by atomic mass is 16.5. The Morgan fingerprint density at radius 1 is 1.32 bits per heavy atom. The van der Waals surface area contributed by atoms with E-state index >= 15 is 0 Å². The van der Waals surface area contributed by atoms with Gasteiger partial charge in [0, 0.05) is 5.69 Å². The Kier molecular flexibility index (Phi) is 5.13. The van der Waals surface area contributed by atoms with Gasteiger partial charge in [-0.05, 0) is 42.7 Å². The van der Waals surface area contributed by atoms with Gasteiger partial charge in [-0.25, -0.2) is 9.98 Å². The Balaban J connectivity index is 1.53. The third-order valence-electron chi connectivity index (χ3n) is 3.92. The Morgan fingerprint density at radius 3 is 2.72 bits per heavy atom. The molecule has 1 aromatic heterocycles. The van der Waals surface area contributed by atoms with Crippen molar-refractivity contribution in [1.29, 1.82) is 0 Å². The summed E-state index contributed by atoms with van der Waals surface area (Å²) in [6.45, 7) is 0.550. The molecule has 1 aliphatic heterocycles. The topological polar surface area (TPSA) is 98.8 Å². The monoisotopic (exact) mass is 340 g/mol. The first-order valence-corrected chi connectivity index (χ1v) is 8.00. The van der Waals surface area contributed by atoms with E-state index in [0.29, 0.717) is 18.1 Å². The van der Waals surface area contributed by atoms with Crippen LogP contribution in [-0.2, 0) is 11.2 Å². The van der Waals surface area contributed by atoms with Gasteiger partial charge >= 0.3 is 0 Å². The largest absolute Gasteiger partial charge is 0.495 e. The molecule has 1 amide bonds. The average molecular weight is 340 g/mol. The summed E-state index contributed by atoms with van der Waals surface area (Å²) >= 11 is 0. The fourth-order valence-corrected chi connectivity index (χ4v) is 2.50. The van der Waals surface area contributed by atoms with E-state index in [9.17, 15) is 4.79 Å². The number of nitrogens with one attached hydrogen (secondary N) is 1. The maximum Gasteiger partial charge on any atom is 0.282 e. The predicted molar refractivity (Wildman–Crippen MR) is 94.9 cm³/mol. The lowest BCUT2D eigenvalue weighted by atomic mass is 10.1. The maximum absolute atomic E-state index is 12.2. The molecular weight excluding hydrogens is 320 g/mol. The Bertz CT molecular complexity index is 757. The Labute approximate surface area is 145 Å². The molecule has 0 radical (unpaired) electrons. The number of methoxy groups -OCH3 is 1. The predicted octanol–water partition coefficient (Wildman–Crippen LogP) is 1.99. The Hall–Kier alpha value is -3.09. The van der Waals surface area contributed by atoms with E-state index in [1.807, 2.05) is 24.3 Å². The van der Waals surface area contributed by atoms with Gasteiger partial charge in [-0.15, -0.1) is 0 Å². The number of aliphatic imine (C=N–C) groups is 1. The molecule has 3 rings (SSSR count). The van der Waals surface area contributed by atoms with Gasteiger partial charge in [-0.1, -0.05) is 12.1 Å². The molecule has 0 fully saturated rings. The number of hydrogen-bond donors (Lipinski definition) is 2.